The van der Waals surface area contributed by atoms with Crippen LogP contribution in [0.15, 0.2) is 18.2 Å². The summed E-state index contributed by atoms with van der Waals surface area (Å²) >= 11 is 3.16. The van der Waals surface area contributed by atoms with Crippen molar-refractivity contribution < 1.29 is 24.5 Å². The molecule has 5 nitrogen and oxygen atoms in total. The third kappa shape index (κ3) is 4.04. The van der Waals surface area contributed by atoms with Crippen molar-refractivity contribution >= 4 is 27.7 Å². The van der Waals surface area contributed by atoms with Gasteiger partial charge in [-0.25, -0.2) is 4.79 Å². The fourth-order valence-corrected chi connectivity index (χ4v) is 1.81. The Bertz CT molecular complexity index is 484. The first-order valence-corrected chi connectivity index (χ1v) is 6.65. The molecule has 1 rings (SSSR count). The van der Waals surface area contributed by atoms with Crippen LogP contribution in [-0.2, 0) is 4.79 Å². The van der Waals surface area contributed by atoms with E-state index in [4.69, 9.17) is 9.84 Å². The number of Topliss-reactive ketones (excluding diaryl/α,β-unsaturated/α-hetero) is 1. The lowest BCUT2D eigenvalue weighted by Gasteiger charge is -2.12. The Labute approximate surface area is 119 Å². The number of ketones is 1. The number of benzene rings is 1. The van der Waals surface area contributed by atoms with Crippen LogP contribution in [0.2, 0.25) is 0 Å². The second-order valence-corrected chi connectivity index (χ2v) is 5.32. The van der Waals surface area contributed by atoms with Crippen molar-refractivity contribution in [3.63, 3.8) is 0 Å². The lowest BCUT2D eigenvalue weighted by atomic mass is 10.0. The van der Waals surface area contributed by atoms with Crippen LogP contribution in [0.4, 0.5) is 0 Å². The summed E-state index contributed by atoms with van der Waals surface area (Å²) in [5.41, 5.74) is 0.417. The zero-order valence-electron chi connectivity index (χ0n) is 10.6. The van der Waals surface area contributed by atoms with Gasteiger partial charge in [-0.3, -0.25) is 4.79 Å². The van der Waals surface area contributed by atoms with Crippen LogP contribution >= 0.6 is 15.9 Å². The largest absolute Gasteiger partial charge is 0.494 e. The van der Waals surface area contributed by atoms with Crippen LogP contribution < -0.4 is 4.74 Å². The van der Waals surface area contributed by atoms with Crippen LogP contribution in [0.25, 0.3) is 0 Å². The van der Waals surface area contributed by atoms with Crippen molar-refractivity contribution in [1.29, 1.82) is 0 Å². The molecule has 0 heterocycles. The number of aliphatic hydroxyl groups is 1. The van der Waals surface area contributed by atoms with Gasteiger partial charge in [0, 0.05) is 5.56 Å². The van der Waals surface area contributed by atoms with E-state index in [9.17, 15) is 14.7 Å². The predicted molar refractivity (Wildman–Crippen MR) is 72.9 cm³/mol. The number of hydrogen-bond donors (Lipinski definition) is 2. The fourth-order valence-electron chi connectivity index (χ4n) is 1.54. The number of aliphatic hydroxyl groups excluding tert-OH is 1. The van der Waals surface area contributed by atoms with Crippen molar-refractivity contribution in [2.24, 2.45) is 0 Å². The second kappa shape index (κ2) is 6.68. The number of halogens is 1. The monoisotopic (exact) mass is 330 g/mol. The molecule has 0 spiro atoms. The topological polar surface area (TPSA) is 83.8 Å². The quantitative estimate of drug-likeness (QED) is 0.616. The Hall–Kier alpha value is -1.40. The van der Waals surface area contributed by atoms with Gasteiger partial charge in [-0.2, -0.15) is 0 Å². The molecule has 0 radical (unpaired) electrons. The van der Waals surface area contributed by atoms with Crippen molar-refractivity contribution in [2.75, 3.05) is 6.61 Å². The van der Waals surface area contributed by atoms with Crippen LogP contribution in [-0.4, -0.2) is 33.4 Å². The highest BCUT2D eigenvalue weighted by atomic mass is 79.9. The van der Waals surface area contributed by atoms with Crippen LogP contribution in [0.5, 0.6) is 5.75 Å². The molecular formula is C13H15BrO5. The third-order valence-electron chi connectivity index (χ3n) is 2.44. The first kappa shape index (κ1) is 15.7. The molecule has 2 N–H and O–H groups in total. The highest BCUT2D eigenvalue weighted by molar-refractivity contribution is 9.10. The standard InChI is InChI=1S/C13H15BrO5/c1-3-19-10-5-8(11(15)7(2)14)4-9(6-10)12(16)13(17)18/h4-7,12,16H,3H2,1-2H3,(H,17,18). The number of carbonyl (C=O) groups excluding carboxylic acids is 1. The molecule has 19 heavy (non-hydrogen) atoms. The summed E-state index contributed by atoms with van der Waals surface area (Å²) in [7, 11) is 0. The average Bonchev–Trinajstić information content (AvgIpc) is 2.36. The minimum Gasteiger partial charge on any atom is -0.494 e. The number of carboxylic acids is 1. The third-order valence-corrected chi connectivity index (χ3v) is 2.85. The van der Waals surface area contributed by atoms with Gasteiger partial charge in [0.15, 0.2) is 11.9 Å². The number of aliphatic carboxylic acids is 1. The van der Waals surface area contributed by atoms with E-state index in [-0.39, 0.29) is 11.3 Å². The van der Waals surface area contributed by atoms with Gasteiger partial charge in [0.05, 0.1) is 11.4 Å². The number of carboxylic acid groups (broad SMARTS) is 1. The fraction of sp³-hybridized carbons (Fsp3) is 0.385. The molecule has 0 saturated heterocycles. The Balaban J connectivity index is 3.25. The molecule has 2 unspecified atom stereocenters. The Morgan fingerprint density at radius 2 is 2.00 bits per heavy atom. The highest BCUT2D eigenvalue weighted by Gasteiger charge is 2.20. The molecule has 2 atom stereocenters. The van der Waals surface area contributed by atoms with E-state index >= 15 is 0 Å². The van der Waals surface area contributed by atoms with E-state index < -0.39 is 16.9 Å². The predicted octanol–water partition coefficient (Wildman–Crippen LogP) is 2.17. The molecule has 0 aliphatic rings. The molecule has 0 aromatic heterocycles. The molecular weight excluding hydrogens is 316 g/mol. The average molecular weight is 331 g/mol. The first-order chi connectivity index (χ1) is 8.86. The number of ether oxygens (including phenoxy) is 1. The van der Waals surface area contributed by atoms with E-state index in [1.165, 1.54) is 18.2 Å². The van der Waals surface area contributed by atoms with Crippen LogP contribution in [0.3, 0.4) is 0 Å². The van der Waals surface area contributed by atoms with E-state index in [0.29, 0.717) is 17.9 Å². The zero-order chi connectivity index (χ0) is 14.6. The minimum absolute atomic E-state index is 0.120. The lowest BCUT2D eigenvalue weighted by molar-refractivity contribution is -0.146. The number of carbonyl (C=O) groups is 2. The van der Waals surface area contributed by atoms with Gasteiger partial charge in [-0.15, -0.1) is 0 Å². The van der Waals surface area contributed by atoms with Crippen molar-refractivity contribution in [2.45, 2.75) is 24.8 Å². The van der Waals surface area contributed by atoms with Crippen molar-refractivity contribution in [3.8, 4) is 5.75 Å². The molecule has 6 heteroatoms. The summed E-state index contributed by atoms with van der Waals surface area (Å²) in [5.74, 6) is -1.23. The minimum atomic E-state index is -1.68. The summed E-state index contributed by atoms with van der Waals surface area (Å²) in [6.45, 7) is 3.82. The Morgan fingerprint density at radius 3 is 2.47 bits per heavy atom. The van der Waals surface area contributed by atoms with Crippen molar-refractivity contribution in [1.82, 2.24) is 0 Å². The summed E-state index contributed by atoms with van der Waals surface area (Å²) < 4.78 is 5.28. The molecule has 0 fully saturated rings. The van der Waals surface area contributed by atoms with Gasteiger partial charge in [0.2, 0.25) is 0 Å². The van der Waals surface area contributed by atoms with E-state index in [1.54, 1.807) is 13.8 Å². The molecule has 0 bridgehead atoms. The van der Waals surface area contributed by atoms with Gasteiger partial charge >= 0.3 is 5.97 Å². The highest BCUT2D eigenvalue weighted by Crippen LogP contribution is 2.24. The van der Waals surface area contributed by atoms with Gasteiger partial charge in [0.1, 0.15) is 5.75 Å². The van der Waals surface area contributed by atoms with Crippen molar-refractivity contribution in [3.05, 3.63) is 29.3 Å². The maximum absolute atomic E-state index is 11.9. The maximum Gasteiger partial charge on any atom is 0.337 e. The zero-order valence-corrected chi connectivity index (χ0v) is 12.2. The summed E-state index contributed by atoms with van der Waals surface area (Å²) in [4.78, 5) is 22.3. The molecule has 1 aromatic carbocycles. The summed E-state index contributed by atoms with van der Waals surface area (Å²) in [5, 5.41) is 18.4. The van der Waals surface area contributed by atoms with Crippen LogP contribution in [0, 0.1) is 0 Å². The molecule has 0 amide bonds. The second-order valence-electron chi connectivity index (χ2n) is 3.94. The Kier molecular flexibility index (Phi) is 5.50. The lowest BCUT2D eigenvalue weighted by Crippen LogP contribution is -2.14. The molecule has 0 aliphatic heterocycles. The maximum atomic E-state index is 11.9. The molecule has 0 saturated carbocycles. The first-order valence-electron chi connectivity index (χ1n) is 5.73. The van der Waals surface area contributed by atoms with E-state index in [1.807, 2.05) is 0 Å². The number of hydrogen-bond acceptors (Lipinski definition) is 4. The molecule has 1 aromatic rings. The normalized spacial score (nSPS) is 13.7. The molecule has 0 aliphatic carbocycles. The summed E-state index contributed by atoms with van der Waals surface area (Å²) in [6.07, 6.45) is -1.68. The summed E-state index contributed by atoms with van der Waals surface area (Å²) in [6, 6.07) is 4.31. The number of rotatable bonds is 6. The van der Waals surface area contributed by atoms with Gasteiger partial charge in [-0.05, 0) is 37.6 Å². The van der Waals surface area contributed by atoms with E-state index in [0.717, 1.165) is 0 Å². The molecule has 104 valence electrons. The van der Waals surface area contributed by atoms with Crippen LogP contribution in [0.1, 0.15) is 35.9 Å². The smallest absolute Gasteiger partial charge is 0.337 e. The van der Waals surface area contributed by atoms with Gasteiger partial charge < -0.3 is 14.9 Å². The van der Waals surface area contributed by atoms with Gasteiger partial charge in [0.25, 0.3) is 0 Å². The SMILES string of the molecule is CCOc1cc(C(=O)C(C)Br)cc(C(O)C(=O)O)c1. The van der Waals surface area contributed by atoms with Gasteiger partial charge in [-0.1, -0.05) is 15.9 Å². The van der Waals surface area contributed by atoms with E-state index in [2.05, 4.69) is 15.9 Å². The Morgan fingerprint density at radius 1 is 1.37 bits per heavy atom. The number of alkyl halides is 1.